The van der Waals surface area contributed by atoms with Gasteiger partial charge < -0.3 is 24.4 Å². The van der Waals surface area contributed by atoms with Crippen molar-refractivity contribution in [3.8, 4) is 17.2 Å². The predicted molar refractivity (Wildman–Crippen MR) is 131 cm³/mol. The van der Waals surface area contributed by atoms with E-state index in [2.05, 4.69) is 5.32 Å². The number of benzene rings is 2. The zero-order valence-corrected chi connectivity index (χ0v) is 20.6. The van der Waals surface area contributed by atoms with Crippen LogP contribution in [0, 0.1) is 0 Å². The number of methoxy groups -OCH3 is 3. The van der Waals surface area contributed by atoms with E-state index in [0.717, 1.165) is 42.6 Å². The molecule has 34 heavy (non-hydrogen) atoms. The summed E-state index contributed by atoms with van der Waals surface area (Å²) >= 11 is 0. The van der Waals surface area contributed by atoms with Gasteiger partial charge in [0.2, 0.25) is 11.8 Å². The van der Waals surface area contributed by atoms with Gasteiger partial charge in [-0.1, -0.05) is 31.0 Å². The van der Waals surface area contributed by atoms with Gasteiger partial charge in [-0.25, -0.2) is 0 Å². The quantitative estimate of drug-likeness (QED) is 0.537. The summed E-state index contributed by atoms with van der Waals surface area (Å²) in [5.74, 6) is 1.82. The minimum absolute atomic E-state index is 0.0772. The molecule has 1 N–H and O–H groups in total. The van der Waals surface area contributed by atoms with E-state index in [1.165, 1.54) is 0 Å². The third kappa shape index (κ3) is 6.65. The number of hydrogen-bond acceptors (Lipinski definition) is 5. The second-order valence-corrected chi connectivity index (χ2v) is 8.73. The molecule has 0 bridgehead atoms. The molecule has 7 nitrogen and oxygen atoms in total. The fourth-order valence-electron chi connectivity index (χ4n) is 4.37. The Bertz CT molecular complexity index is 971. The van der Waals surface area contributed by atoms with Gasteiger partial charge in [-0.3, -0.25) is 9.59 Å². The molecule has 1 saturated carbocycles. The molecule has 184 valence electrons. The molecule has 2 aromatic carbocycles. The molecule has 0 unspecified atom stereocenters. The molecule has 7 heteroatoms. The molecule has 3 rings (SSSR count). The number of amides is 2. The standard InChI is InChI=1S/C27H36N2O5/c1-19(27(31)28-22-9-5-6-10-22)29(18-21-8-7-11-23(16-21)32-2)26(30)15-13-20-12-14-24(33-3)25(17-20)34-4/h7-8,11-12,14,16-17,19,22H,5-6,9-10,13,15,18H2,1-4H3,(H,28,31)/t19-/m0/s1. The summed E-state index contributed by atoms with van der Waals surface area (Å²) in [5, 5.41) is 3.14. The molecule has 1 aliphatic carbocycles. The minimum Gasteiger partial charge on any atom is -0.497 e. The molecule has 1 aliphatic rings. The Morgan fingerprint density at radius 1 is 0.971 bits per heavy atom. The van der Waals surface area contributed by atoms with Gasteiger partial charge in [0.15, 0.2) is 11.5 Å². The van der Waals surface area contributed by atoms with Crippen LogP contribution in [0.3, 0.4) is 0 Å². The summed E-state index contributed by atoms with van der Waals surface area (Å²) in [6.45, 7) is 2.14. The summed E-state index contributed by atoms with van der Waals surface area (Å²) in [5.41, 5.74) is 1.88. The molecular weight excluding hydrogens is 432 g/mol. The molecule has 1 fully saturated rings. The molecule has 0 spiro atoms. The van der Waals surface area contributed by atoms with Crippen molar-refractivity contribution in [2.45, 2.75) is 64.1 Å². The van der Waals surface area contributed by atoms with Gasteiger partial charge in [0.05, 0.1) is 21.3 Å². The molecule has 2 aromatic rings. The summed E-state index contributed by atoms with van der Waals surface area (Å²) < 4.78 is 16.0. The normalized spacial score (nSPS) is 14.4. The molecule has 0 aliphatic heterocycles. The van der Waals surface area contributed by atoms with Crippen LogP contribution in [0.25, 0.3) is 0 Å². The number of nitrogens with zero attached hydrogens (tertiary/aromatic N) is 1. The highest BCUT2D eigenvalue weighted by atomic mass is 16.5. The van der Waals surface area contributed by atoms with Crippen LogP contribution in [-0.2, 0) is 22.6 Å². The molecule has 2 amide bonds. The highest BCUT2D eigenvalue weighted by Gasteiger charge is 2.28. The van der Waals surface area contributed by atoms with Gasteiger partial charge in [-0.05, 0) is 61.6 Å². The van der Waals surface area contributed by atoms with Crippen LogP contribution in [0.2, 0.25) is 0 Å². The van der Waals surface area contributed by atoms with Crippen LogP contribution in [0.1, 0.15) is 50.2 Å². The molecule has 0 radical (unpaired) electrons. The maximum atomic E-state index is 13.4. The first-order valence-electron chi connectivity index (χ1n) is 11.9. The lowest BCUT2D eigenvalue weighted by molar-refractivity contribution is -0.140. The summed E-state index contributed by atoms with van der Waals surface area (Å²) in [6, 6.07) is 12.9. The highest BCUT2D eigenvalue weighted by molar-refractivity contribution is 5.87. The van der Waals surface area contributed by atoms with Gasteiger partial charge >= 0.3 is 0 Å². The van der Waals surface area contributed by atoms with Crippen molar-refractivity contribution in [1.29, 1.82) is 0 Å². The lowest BCUT2D eigenvalue weighted by Crippen LogP contribution is -2.49. The maximum Gasteiger partial charge on any atom is 0.242 e. The molecule has 0 heterocycles. The molecule has 1 atom stereocenters. The van der Waals surface area contributed by atoms with E-state index in [0.29, 0.717) is 24.5 Å². The van der Waals surface area contributed by atoms with Crippen molar-refractivity contribution < 1.29 is 23.8 Å². The Kier molecular flexibility index (Phi) is 9.19. The van der Waals surface area contributed by atoms with Crippen LogP contribution in [0.5, 0.6) is 17.2 Å². The molecule has 0 aromatic heterocycles. The first-order valence-corrected chi connectivity index (χ1v) is 11.9. The number of ether oxygens (including phenoxy) is 3. The Morgan fingerprint density at radius 2 is 1.71 bits per heavy atom. The van der Waals surface area contributed by atoms with Crippen molar-refractivity contribution in [2.24, 2.45) is 0 Å². The van der Waals surface area contributed by atoms with Gasteiger partial charge in [0.1, 0.15) is 11.8 Å². The fraction of sp³-hybridized carbons (Fsp3) is 0.481. The van der Waals surface area contributed by atoms with E-state index in [1.807, 2.05) is 42.5 Å². The zero-order valence-electron chi connectivity index (χ0n) is 20.6. The predicted octanol–water partition coefficient (Wildman–Crippen LogP) is 4.12. The van der Waals surface area contributed by atoms with E-state index in [1.54, 1.807) is 33.2 Å². The third-order valence-corrected chi connectivity index (χ3v) is 6.43. The Morgan fingerprint density at radius 3 is 2.38 bits per heavy atom. The van der Waals surface area contributed by atoms with Crippen LogP contribution in [0.4, 0.5) is 0 Å². The van der Waals surface area contributed by atoms with Crippen molar-refractivity contribution in [3.05, 3.63) is 53.6 Å². The van der Waals surface area contributed by atoms with Crippen molar-refractivity contribution in [2.75, 3.05) is 21.3 Å². The van der Waals surface area contributed by atoms with Gasteiger partial charge in [-0.2, -0.15) is 0 Å². The van der Waals surface area contributed by atoms with E-state index in [9.17, 15) is 9.59 Å². The maximum absolute atomic E-state index is 13.4. The van der Waals surface area contributed by atoms with Crippen molar-refractivity contribution in [1.82, 2.24) is 10.2 Å². The SMILES string of the molecule is COc1cccc(CN(C(=O)CCc2ccc(OC)c(OC)c2)[C@@H](C)C(=O)NC2CCCC2)c1. The Balaban J connectivity index is 1.74. The Hall–Kier alpha value is -3.22. The van der Waals surface area contributed by atoms with Crippen LogP contribution in [0.15, 0.2) is 42.5 Å². The highest BCUT2D eigenvalue weighted by Crippen LogP contribution is 2.28. The zero-order chi connectivity index (χ0) is 24.5. The number of rotatable bonds is 11. The number of nitrogens with one attached hydrogen (secondary N) is 1. The lowest BCUT2D eigenvalue weighted by atomic mass is 10.1. The average Bonchev–Trinajstić information content (AvgIpc) is 3.38. The average molecular weight is 469 g/mol. The number of carbonyl (C=O) groups is 2. The van der Waals surface area contributed by atoms with Crippen LogP contribution < -0.4 is 19.5 Å². The summed E-state index contributed by atoms with van der Waals surface area (Å²) in [6.07, 6.45) is 5.09. The summed E-state index contributed by atoms with van der Waals surface area (Å²) in [7, 11) is 4.80. The van der Waals surface area contributed by atoms with Crippen LogP contribution in [-0.4, -0.2) is 50.1 Å². The fourth-order valence-corrected chi connectivity index (χ4v) is 4.37. The second kappa shape index (κ2) is 12.3. The van der Waals surface area contributed by atoms with Gasteiger partial charge in [0, 0.05) is 19.0 Å². The first-order chi connectivity index (χ1) is 16.4. The number of aryl methyl sites for hydroxylation is 1. The third-order valence-electron chi connectivity index (χ3n) is 6.43. The second-order valence-electron chi connectivity index (χ2n) is 8.73. The van der Waals surface area contributed by atoms with E-state index >= 15 is 0 Å². The lowest BCUT2D eigenvalue weighted by Gasteiger charge is -2.30. The molecular formula is C27H36N2O5. The van der Waals surface area contributed by atoms with Gasteiger partial charge in [0.25, 0.3) is 0 Å². The van der Waals surface area contributed by atoms with Crippen molar-refractivity contribution in [3.63, 3.8) is 0 Å². The van der Waals surface area contributed by atoms with Crippen molar-refractivity contribution >= 4 is 11.8 Å². The first kappa shape index (κ1) is 25.4. The number of hydrogen-bond donors (Lipinski definition) is 1. The Labute approximate surface area is 202 Å². The monoisotopic (exact) mass is 468 g/mol. The van der Waals surface area contributed by atoms with E-state index in [-0.39, 0.29) is 24.3 Å². The van der Waals surface area contributed by atoms with Gasteiger partial charge in [-0.15, -0.1) is 0 Å². The molecule has 0 saturated heterocycles. The van der Waals surface area contributed by atoms with Crippen LogP contribution >= 0.6 is 0 Å². The topological polar surface area (TPSA) is 77.1 Å². The van der Waals surface area contributed by atoms with E-state index < -0.39 is 6.04 Å². The summed E-state index contributed by atoms with van der Waals surface area (Å²) in [4.78, 5) is 28.1. The smallest absolute Gasteiger partial charge is 0.242 e. The minimum atomic E-state index is -0.579. The number of carbonyl (C=O) groups excluding carboxylic acids is 2. The van der Waals surface area contributed by atoms with E-state index in [4.69, 9.17) is 14.2 Å². The largest absolute Gasteiger partial charge is 0.497 e.